The van der Waals surface area contributed by atoms with Crippen LogP contribution in [0.5, 0.6) is 0 Å². The molecule has 1 aliphatic rings. The van der Waals surface area contributed by atoms with E-state index in [4.69, 9.17) is 0 Å². The predicted octanol–water partition coefficient (Wildman–Crippen LogP) is 3.39. The molecule has 0 fully saturated rings. The summed E-state index contributed by atoms with van der Waals surface area (Å²) >= 11 is 0. The molecule has 1 aromatic carbocycles. The molecule has 0 spiro atoms. The summed E-state index contributed by atoms with van der Waals surface area (Å²) in [4.78, 5) is 0. The van der Waals surface area contributed by atoms with Gasteiger partial charge in [-0.05, 0) is 41.5 Å². The number of aliphatic hydroxyl groups is 1. The average Bonchev–Trinajstić information content (AvgIpc) is 2.15. The van der Waals surface area contributed by atoms with Gasteiger partial charge in [0, 0.05) is 0 Å². The third kappa shape index (κ3) is 2.50. The predicted molar refractivity (Wildman–Crippen MR) is 63.4 cm³/mol. The van der Waals surface area contributed by atoms with Crippen molar-refractivity contribution in [1.29, 1.82) is 0 Å². The van der Waals surface area contributed by atoms with Crippen molar-refractivity contribution in [2.24, 2.45) is 5.41 Å². The first-order chi connectivity index (χ1) is 7.46. The number of hydrogen-bond acceptors (Lipinski definition) is 1. The molecule has 0 bridgehead atoms. The Morgan fingerprint density at radius 2 is 1.88 bits per heavy atom. The minimum Gasteiger partial charge on any atom is -0.389 e. The Balaban J connectivity index is 2.30. The molecule has 0 amide bonds. The lowest BCUT2D eigenvalue weighted by molar-refractivity contribution is 0.146. The highest BCUT2D eigenvalue weighted by Gasteiger charge is 2.27. The van der Waals surface area contributed by atoms with Gasteiger partial charge in [0.05, 0.1) is 6.10 Å². The van der Waals surface area contributed by atoms with E-state index >= 15 is 0 Å². The van der Waals surface area contributed by atoms with E-state index in [2.05, 4.69) is 13.8 Å². The molecule has 1 atom stereocenters. The molecule has 86 valence electrons. The fourth-order valence-electron chi connectivity index (χ4n) is 2.37. The second-order valence-corrected chi connectivity index (χ2v) is 5.31. The van der Waals surface area contributed by atoms with Crippen LogP contribution in [0.2, 0.25) is 0 Å². The zero-order valence-corrected chi connectivity index (χ0v) is 9.70. The Kier molecular flexibility index (Phi) is 2.85. The van der Waals surface area contributed by atoms with E-state index in [1.165, 1.54) is 12.1 Å². The van der Waals surface area contributed by atoms with Crippen molar-refractivity contribution < 1.29 is 9.50 Å². The molecule has 0 saturated heterocycles. The van der Waals surface area contributed by atoms with Gasteiger partial charge in [-0.25, -0.2) is 4.39 Å². The first-order valence-corrected chi connectivity index (χ1v) is 5.61. The van der Waals surface area contributed by atoms with Crippen LogP contribution in [-0.4, -0.2) is 11.2 Å². The van der Waals surface area contributed by atoms with Crippen LogP contribution in [0.4, 0.5) is 4.39 Å². The summed E-state index contributed by atoms with van der Waals surface area (Å²) in [7, 11) is 0. The average molecular weight is 220 g/mol. The van der Waals surface area contributed by atoms with Gasteiger partial charge in [0.15, 0.2) is 0 Å². The van der Waals surface area contributed by atoms with Crippen molar-refractivity contribution in [2.75, 3.05) is 0 Å². The van der Waals surface area contributed by atoms with Crippen LogP contribution in [-0.2, 0) is 0 Å². The Labute approximate surface area is 95.6 Å². The maximum Gasteiger partial charge on any atom is 0.123 e. The van der Waals surface area contributed by atoms with Crippen molar-refractivity contribution in [2.45, 2.75) is 32.8 Å². The second-order valence-electron chi connectivity index (χ2n) is 5.31. The largest absolute Gasteiger partial charge is 0.389 e. The number of rotatable bonds is 1. The zero-order chi connectivity index (χ0) is 11.8. The van der Waals surface area contributed by atoms with Crippen LogP contribution in [0.15, 0.2) is 30.3 Å². The molecule has 1 aromatic rings. The van der Waals surface area contributed by atoms with Gasteiger partial charge in [-0.2, -0.15) is 0 Å². The molecule has 16 heavy (non-hydrogen) atoms. The van der Waals surface area contributed by atoms with Gasteiger partial charge in [-0.1, -0.05) is 32.1 Å². The minimum absolute atomic E-state index is 0.109. The quantitative estimate of drug-likeness (QED) is 0.769. The smallest absolute Gasteiger partial charge is 0.123 e. The Bertz CT molecular complexity index is 403. The summed E-state index contributed by atoms with van der Waals surface area (Å²) in [5, 5.41) is 9.78. The van der Waals surface area contributed by atoms with E-state index in [1.54, 1.807) is 12.1 Å². The van der Waals surface area contributed by atoms with Crippen LogP contribution >= 0.6 is 0 Å². The fraction of sp³-hybridized carbons (Fsp3) is 0.429. The maximum atomic E-state index is 12.8. The Hall–Kier alpha value is -1.15. The molecular formula is C14H17FO. The summed E-state index contributed by atoms with van der Waals surface area (Å²) < 4.78 is 12.8. The zero-order valence-electron chi connectivity index (χ0n) is 9.70. The molecule has 0 heterocycles. The summed E-state index contributed by atoms with van der Waals surface area (Å²) in [5.41, 5.74) is 2.23. The summed E-state index contributed by atoms with van der Waals surface area (Å²) in [5.74, 6) is -0.222. The maximum absolute atomic E-state index is 12.8. The first kappa shape index (κ1) is 11.3. The third-order valence-corrected chi connectivity index (χ3v) is 3.04. The normalized spacial score (nSPS) is 24.0. The summed E-state index contributed by atoms with van der Waals surface area (Å²) in [6, 6.07) is 6.47. The Morgan fingerprint density at radius 1 is 1.25 bits per heavy atom. The molecule has 1 N–H and O–H groups in total. The van der Waals surface area contributed by atoms with Crippen molar-refractivity contribution >= 4 is 5.57 Å². The number of allylic oxidation sites excluding steroid dienone is 1. The van der Waals surface area contributed by atoms with Gasteiger partial charge in [0.25, 0.3) is 0 Å². The molecule has 1 aliphatic carbocycles. The molecule has 0 saturated carbocycles. The summed E-state index contributed by atoms with van der Waals surface area (Å²) in [6.45, 7) is 4.29. The highest BCUT2D eigenvalue weighted by Crippen LogP contribution is 2.39. The van der Waals surface area contributed by atoms with E-state index in [1.807, 2.05) is 6.08 Å². The lowest BCUT2D eigenvalue weighted by Crippen LogP contribution is -2.24. The van der Waals surface area contributed by atoms with Crippen LogP contribution in [0, 0.1) is 11.2 Å². The Morgan fingerprint density at radius 3 is 2.44 bits per heavy atom. The molecule has 2 rings (SSSR count). The molecular weight excluding hydrogens is 203 g/mol. The van der Waals surface area contributed by atoms with Crippen molar-refractivity contribution in [3.8, 4) is 0 Å². The highest BCUT2D eigenvalue weighted by molar-refractivity contribution is 5.67. The number of halogens is 1. The van der Waals surface area contributed by atoms with Gasteiger partial charge in [-0.3, -0.25) is 0 Å². The van der Waals surface area contributed by atoms with Crippen LogP contribution < -0.4 is 0 Å². The molecule has 1 unspecified atom stereocenters. The van der Waals surface area contributed by atoms with Crippen molar-refractivity contribution in [3.63, 3.8) is 0 Å². The third-order valence-electron chi connectivity index (χ3n) is 3.04. The lowest BCUT2D eigenvalue weighted by Gasteiger charge is -2.32. The molecule has 0 aromatic heterocycles. The van der Waals surface area contributed by atoms with Gasteiger partial charge in [0.1, 0.15) is 5.82 Å². The fourth-order valence-corrected chi connectivity index (χ4v) is 2.37. The molecule has 2 heteroatoms. The molecule has 0 radical (unpaired) electrons. The van der Waals surface area contributed by atoms with E-state index in [-0.39, 0.29) is 17.3 Å². The van der Waals surface area contributed by atoms with Gasteiger partial charge >= 0.3 is 0 Å². The molecule has 0 aliphatic heterocycles. The topological polar surface area (TPSA) is 20.2 Å². The van der Waals surface area contributed by atoms with E-state index in [0.29, 0.717) is 0 Å². The van der Waals surface area contributed by atoms with Gasteiger partial charge in [0.2, 0.25) is 0 Å². The van der Waals surface area contributed by atoms with E-state index < -0.39 is 0 Å². The summed E-state index contributed by atoms with van der Waals surface area (Å²) in [6.07, 6.45) is 3.22. The van der Waals surface area contributed by atoms with Crippen molar-refractivity contribution in [3.05, 3.63) is 41.7 Å². The van der Waals surface area contributed by atoms with Crippen molar-refractivity contribution in [1.82, 2.24) is 0 Å². The van der Waals surface area contributed by atoms with Crippen LogP contribution in [0.3, 0.4) is 0 Å². The van der Waals surface area contributed by atoms with E-state index in [9.17, 15) is 9.50 Å². The SMILES string of the molecule is CC1(C)CC(c2ccc(F)cc2)=CC(O)C1. The number of benzene rings is 1. The minimum atomic E-state index is -0.385. The van der Waals surface area contributed by atoms with Gasteiger partial charge in [-0.15, -0.1) is 0 Å². The van der Waals surface area contributed by atoms with Crippen LogP contribution in [0.25, 0.3) is 5.57 Å². The number of aliphatic hydroxyl groups excluding tert-OH is 1. The van der Waals surface area contributed by atoms with Crippen LogP contribution in [0.1, 0.15) is 32.3 Å². The first-order valence-electron chi connectivity index (χ1n) is 5.61. The van der Waals surface area contributed by atoms with E-state index in [0.717, 1.165) is 24.0 Å². The second kappa shape index (κ2) is 4.02. The monoisotopic (exact) mass is 220 g/mol. The lowest BCUT2D eigenvalue weighted by atomic mass is 9.74. The highest BCUT2D eigenvalue weighted by atomic mass is 19.1. The standard InChI is InChI=1S/C14H17FO/c1-14(2)8-11(7-13(16)9-14)10-3-5-12(15)6-4-10/h3-7,13,16H,8-9H2,1-2H3. The van der Waals surface area contributed by atoms with Gasteiger partial charge < -0.3 is 5.11 Å². The molecule has 1 nitrogen and oxygen atoms in total. The number of hydrogen-bond donors (Lipinski definition) is 1.